The first-order chi connectivity index (χ1) is 13.5. The zero-order valence-corrected chi connectivity index (χ0v) is 16.4. The smallest absolute Gasteiger partial charge is 0.272 e. The number of hydrogen-bond acceptors (Lipinski definition) is 6. The van der Waals surface area contributed by atoms with E-state index in [1.54, 1.807) is 15.6 Å². The zero-order valence-electron chi connectivity index (χ0n) is 16.4. The quantitative estimate of drug-likeness (QED) is 0.734. The van der Waals surface area contributed by atoms with Gasteiger partial charge in [0.05, 0.1) is 5.69 Å². The lowest BCUT2D eigenvalue weighted by molar-refractivity contribution is 0.0417. The van der Waals surface area contributed by atoms with Crippen LogP contribution in [-0.2, 0) is 7.05 Å². The number of aliphatic hydroxyl groups excluding tert-OH is 1. The lowest BCUT2D eigenvalue weighted by Crippen LogP contribution is -2.40. The van der Waals surface area contributed by atoms with Crippen LogP contribution in [0, 0.1) is 5.92 Å². The van der Waals surface area contributed by atoms with Crippen molar-refractivity contribution in [2.75, 3.05) is 13.1 Å². The number of hydrogen-bond donors (Lipinski definition) is 1. The summed E-state index contributed by atoms with van der Waals surface area (Å²) in [6, 6.07) is 1.81. The molecule has 148 valence electrons. The van der Waals surface area contributed by atoms with Gasteiger partial charge in [0.15, 0.2) is 0 Å². The summed E-state index contributed by atoms with van der Waals surface area (Å²) in [4.78, 5) is 27.6. The van der Waals surface area contributed by atoms with Gasteiger partial charge in [0.1, 0.15) is 23.9 Å². The fourth-order valence-electron chi connectivity index (χ4n) is 3.81. The first-order valence-corrected chi connectivity index (χ1v) is 9.61. The normalized spacial score (nSPS) is 16.8. The SMILES string of the molecule is CC(C)c1cc(C(=O)N2CCC([C@H](O)c3nccn3C)CC2)nc2ncnn12. The third kappa shape index (κ3) is 3.26. The Hall–Kier alpha value is -2.81. The van der Waals surface area contributed by atoms with Gasteiger partial charge < -0.3 is 14.6 Å². The van der Waals surface area contributed by atoms with Crippen LogP contribution in [0.25, 0.3) is 5.78 Å². The Bertz CT molecular complexity index is 985. The minimum absolute atomic E-state index is 0.0864. The number of rotatable bonds is 4. The molecule has 0 spiro atoms. The highest BCUT2D eigenvalue weighted by Crippen LogP contribution is 2.30. The van der Waals surface area contributed by atoms with Gasteiger partial charge in [-0.15, -0.1) is 0 Å². The summed E-state index contributed by atoms with van der Waals surface area (Å²) in [7, 11) is 1.88. The minimum atomic E-state index is -0.615. The maximum Gasteiger partial charge on any atom is 0.272 e. The summed E-state index contributed by atoms with van der Waals surface area (Å²) in [5.41, 5.74) is 1.30. The van der Waals surface area contributed by atoms with Crippen molar-refractivity contribution >= 4 is 11.7 Å². The number of piperidine rings is 1. The number of aliphatic hydroxyl groups is 1. The van der Waals surface area contributed by atoms with E-state index in [4.69, 9.17) is 0 Å². The summed E-state index contributed by atoms with van der Waals surface area (Å²) >= 11 is 0. The lowest BCUT2D eigenvalue weighted by Gasteiger charge is -2.34. The molecular formula is C19H25N7O2. The number of aromatic nitrogens is 6. The largest absolute Gasteiger partial charge is 0.385 e. The third-order valence-corrected chi connectivity index (χ3v) is 5.49. The van der Waals surface area contributed by atoms with E-state index in [1.165, 1.54) is 6.33 Å². The average molecular weight is 383 g/mol. The molecule has 1 atom stereocenters. The van der Waals surface area contributed by atoms with Gasteiger partial charge in [-0.25, -0.2) is 14.5 Å². The Morgan fingerprint density at radius 3 is 2.64 bits per heavy atom. The van der Waals surface area contributed by atoms with E-state index in [2.05, 4.69) is 33.9 Å². The van der Waals surface area contributed by atoms with Gasteiger partial charge in [-0.3, -0.25) is 4.79 Å². The molecule has 1 fully saturated rings. The number of fused-ring (bicyclic) bond motifs is 1. The summed E-state index contributed by atoms with van der Waals surface area (Å²) in [6.45, 7) is 5.27. The number of likely N-dealkylation sites (tertiary alicyclic amines) is 1. The summed E-state index contributed by atoms with van der Waals surface area (Å²) in [5.74, 6) is 1.29. The molecule has 0 saturated carbocycles. The van der Waals surface area contributed by atoms with Crippen molar-refractivity contribution in [3.05, 3.63) is 42.0 Å². The van der Waals surface area contributed by atoms with Crippen molar-refractivity contribution in [3.8, 4) is 0 Å². The Kier molecular flexibility index (Phi) is 4.84. The highest BCUT2D eigenvalue weighted by molar-refractivity contribution is 5.92. The fourth-order valence-corrected chi connectivity index (χ4v) is 3.81. The van der Waals surface area contributed by atoms with Crippen molar-refractivity contribution in [1.82, 2.24) is 34.0 Å². The van der Waals surface area contributed by atoms with Gasteiger partial charge in [-0.05, 0) is 30.7 Å². The Morgan fingerprint density at radius 2 is 2.00 bits per heavy atom. The Labute approximate surface area is 163 Å². The van der Waals surface area contributed by atoms with Crippen LogP contribution in [0.4, 0.5) is 0 Å². The second kappa shape index (κ2) is 7.31. The van der Waals surface area contributed by atoms with Crippen LogP contribution in [-0.4, -0.2) is 58.1 Å². The molecule has 1 N–H and O–H groups in total. The Morgan fingerprint density at radius 1 is 1.25 bits per heavy atom. The predicted octanol–water partition coefficient (Wildman–Crippen LogP) is 1.57. The van der Waals surface area contributed by atoms with E-state index in [-0.39, 0.29) is 17.7 Å². The first-order valence-electron chi connectivity index (χ1n) is 9.61. The highest BCUT2D eigenvalue weighted by Gasteiger charge is 2.31. The maximum absolute atomic E-state index is 13.0. The molecule has 1 amide bonds. The van der Waals surface area contributed by atoms with E-state index in [0.29, 0.717) is 30.4 Å². The van der Waals surface area contributed by atoms with E-state index >= 15 is 0 Å². The predicted molar refractivity (Wildman–Crippen MR) is 102 cm³/mol. The molecule has 0 bridgehead atoms. The monoisotopic (exact) mass is 383 g/mol. The topological polar surface area (TPSA) is 101 Å². The van der Waals surface area contributed by atoms with Crippen LogP contribution in [0.5, 0.6) is 0 Å². The molecule has 4 rings (SSSR count). The molecule has 1 saturated heterocycles. The van der Waals surface area contributed by atoms with Crippen molar-refractivity contribution in [2.45, 2.75) is 38.7 Å². The fraction of sp³-hybridized carbons (Fsp3) is 0.526. The second-order valence-corrected chi connectivity index (χ2v) is 7.66. The lowest BCUT2D eigenvalue weighted by atomic mass is 9.90. The average Bonchev–Trinajstić information content (AvgIpc) is 3.34. The van der Waals surface area contributed by atoms with Gasteiger partial charge in [-0.2, -0.15) is 10.1 Å². The van der Waals surface area contributed by atoms with Crippen molar-refractivity contribution in [2.24, 2.45) is 13.0 Å². The van der Waals surface area contributed by atoms with Crippen LogP contribution in [0.2, 0.25) is 0 Å². The van der Waals surface area contributed by atoms with Gasteiger partial charge >= 0.3 is 0 Å². The standard InChI is InChI=1S/C19H25N7O2/c1-12(2)15-10-14(23-19-21-11-22-26(15)19)18(28)25-7-4-13(5-8-25)16(27)17-20-6-9-24(17)3/h6,9-13,16,27H,4-5,7-8H2,1-3H3/t16-/m0/s1. The van der Waals surface area contributed by atoms with Crippen LogP contribution < -0.4 is 0 Å². The maximum atomic E-state index is 13.0. The molecule has 1 aliphatic rings. The number of carbonyl (C=O) groups is 1. The van der Waals surface area contributed by atoms with Crippen LogP contribution >= 0.6 is 0 Å². The third-order valence-electron chi connectivity index (χ3n) is 5.49. The molecule has 0 radical (unpaired) electrons. The first kappa shape index (κ1) is 18.5. The number of aryl methyl sites for hydroxylation is 1. The van der Waals surface area contributed by atoms with Gasteiger partial charge in [-0.1, -0.05) is 13.8 Å². The number of imidazole rings is 1. The molecule has 28 heavy (non-hydrogen) atoms. The van der Waals surface area contributed by atoms with Gasteiger partial charge in [0.2, 0.25) is 0 Å². The zero-order chi connectivity index (χ0) is 19.8. The van der Waals surface area contributed by atoms with Crippen molar-refractivity contribution in [3.63, 3.8) is 0 Å². The summed E-state index contributed by atoms with van der Waals surface area (Å²) in [5, 5.41) is 14.8. The summed E-state index contributed by atoms with van der Waals surface area (Å²) < 4.78 is 3.52. The van der Waals surface area contributed by atoms with Crippen LogP contribution in [0.15, 0.2) is 24.8 Å². The summed E-state index contributed by atoms with van der Waals surface area (Å²) in [6.07, 6.45) is 5.81. The molecule has 3 aromatic heterocycles. The molecule has 3 aromatic rings. The molecule has 4 heterocycles. The number of carbonyl (C=O) groups excluding carboxylic acids is 1. The van der Waals surface area contributed by atoms with Crippen molar-refractivity contribution < 1.29 is 9.90 Å². The van der Waals surface area contributed by atoms with Gasteiger partial charge in [0.25, 0.3) is 11.7 Å². The molecular weight excluding hydrogens is 358 g/mol. The van der Waals surface area contributed by atoms with E-state index in [9.17, 15) is 9.90 Å². The molecule has 1 aliphatic heterocycles. The van der Waals surface area contributed by atoms with Crippen LogP contribution in [0.3, 0.4) is 0 Å². The second-order valence-electron chi connectivity index (χ2n) is 7.66. The molecule has 0 unspecified atom stereocenters. The van der Waals surface area contributed by atoms with Gasteiger partial charge in [0, 0.05) is 32.5 Å². The molecule has 0 aromatic carbocycles. The highest BCUT2D eigenvalue weighted by atomic mass is 16.3. The molecule has 0 aliphatic carbocycles. The van der Waals surface area contributed by atoms with E-state index < -0.39 is 6.10 Å². The van der Waals surface area contributed by atoms with E-state index in [0.717, 1.165) is 18.5 Å². The van der Waals surface area contributed by atoms with Crippen molar-refractivity contribution in [1.29, 1.82) is 0 Å². The molecule has 9 heteroatoms. The number of nitrogens with zero attached hydrogens (tertiary/aromatic N) is 7. The minimum Gasteiger partial charge on any atom is -0.385 e. The number of amides is 1. The van der Waals surface area contributed by atoms with Crippen LogP contribution in [0.1, 0.15) is 60.7 Å². The van der Waals surface area contributed by atoms with E-state index in [1.807, 2.05) is 23.9 Å². The molecule has 9 nitrogen and oxygen atoms in total. The Balaban J connectivity index is 1.48.